The summed E-state index contributed by atoms with van der Waals surface area (Å²) in [5, 5.41) is 2.10. The number of rotatable bonds is 1. The minimum Gasteiger partial charge on any atom is -0.306 e. The minimum atomic E-state index is -0.836. The van der Waals surface area contributed by atoms with Crippen LogP contribution in [0.3, 0.4) is 0 Å². The Morgan fingerprint density at radius 2 is 1.30 bits per heavy atom. The van der Waals surface area contributed by atoms with Crippen LogP contribution in [-0.2, 0) is 0 Å². The maximum Gasteiger partial charge on any atom is 0.182 e. The van der Waals surface area contributed by atoms with Gasteiger partial charge >= 0.3 is 0 Å². The second kappa shape index (κ2) is 4.92. The van der Waals surface area contributed by atoms with E-state index in [9.17, 15) is 8.78 Å². The molecular weight excluding hydrogens is 292 g/mol. The number of halogens is 2. The van der Waals surface area contributed by atoms with Crippen LogP contribution >= 0.6 is 0 Å². The molecule has 1 heterocycles. The van der Waals surface area contributed by atoms with Crippen molar-refractivity contribution in [1.82, 2.24) is 4.57 Å². The van der Waals surface area contributed by atoms with Gasteiger partial charge in [-0.1, -0.05) is 29.3 Å². The van der Waals surface area contributed by atoms with Crippen LogP contribution in [0.4, 0.5) is 8.78 Å². The summed E-state index contributed by atoms with van der Waals surface area (Å²) < 4.78 is 29.9. The Balaban J connectivity index is 2.23. The quantitative estimate of drug-likeness (QED) is 0.426. The molecule has 0 radical (unpaired) electrons. The van der Waals surface area contributed by atoms with Crippen LogP contribution in [0.5, 0.6) is 0 Å². The third-order valence-corrected chi connectivity index (χ3v) is 4.25. The van der Waals surface area contributed by atoms with E-state index in [1.807, 2.05) is 38.1 Å². The number of hydrogen-bond acceptors (Lipinski definition) is 0. The number of aryl methyl sites for hydroxylation is 2. The van der Waals surface area contributed by atoms with E-state index in [-0.39, 0.29) is 5.69 Å². The van der Waals surface area contributed by atoms with Gasteiger partial charge in [-0.25, -0.2) is 8.78 Å². The van der Waals surface area contributed by atoms with Crippen molar-refractivity contribution in [3.63, 3.8) is 0 Å². The van der Waals surface area contributed by atoms with E-state index in [0.717, 1.165) is 39.0 Å². The predicted molar refractivity (Wildman–Crippen MR) is 90.2 cm³/mol. The number of aromatic nitrogens is 1. The standard InChI is InChI=1S/C20H15F2N/c1-12-6-8-17-14(10-12)15-11-13(2)7-9-18(15)23(17)19-5-3-4-16(21)20(19)22/h3-11H,1-2H3. The van der Waals surface area contributed by atoms with E-state index in [1.165, 1.54) is 6.07 Å². The molecule has 0 fully saturated rings. The van der Waals surface area contributed by atoms with Gasteiger partial charge < -0.3 is 4.57 Å². The van der Waals surface area contributed by atoms with Crippen LogP contribution < -0.4 is 0 Å². The van der Waals surface area contributed by atoms with Gasteiger partial charge in [0.15, 0.2) is 11.6 Å². The molecule has 0 spiro atoms. The molecule has 0 amide bonds. The van der Waals surface area contributed by atoms with E-state index >= 15 is 0 Å². The molecule has 1 nitrogen and oxygen atoms in total. The average molecular weight is 307 g/mol. The molecule has 3 aromatic carbocycles. The van der Waals surface area contributed by atoms with Crippen LogP contribution in [0.1, 0.15) is 11.1 Å². The summed E-state index contributed by atoms with van der Waals surface area (Å²) in [7, 11) is 0. The fraction of sp³-hybridized carbons (Fsp3) is 0.100. The first-order valence-electron chi connectivity index (χ1n) is 7.52. The fourth-order valence-corrected chi connectivity index (χ4v) is 3.18. The maximum absolute atomic E-state index is 14.4. The maximum atomic E-state index is 14.4. The summed E-state index contributed by atoms with van der Waals surface area (Å²) in [6.07, 6.45) is 0. The smallest absolute Gasteiger partial charge is 0.182 e. The van der Waals surface area contributed by atoms with Crippen LogP contribution in [0.25, 0.3) is 27.5 Å². The molecule has 23 heavy (non-hydrogen) atoms. The third kappa shape index (κ3) is 2.04. The topological polar surface area (TPSA) is 4.93 Å². The Bertz CT molecular complexity index is 1000. The summed E-state index contributed by atoms with van der Waals surface area (Å²) >= 11 is 0. The molecule has 0 saturated heterocycles. The normalized spacial score (nSPS) is 11.5. The van der Waals surface area contributed by atoms with E-state index < -0.39 is 11.6 Å². The number of fused-ring (bicyclic) bond motifs is 3. The van der Waals surface area contributed by atoms with E-state index in [1.54, 1.807) is 10.6 Å². The molecular formula is C20H15F2N. The van der Waals surface area contributed by atoms with Crippen molar-refractivity contribution in [2.45, 2.75) is 13.8 Å². The van der Waals surface area contributed by atoms with E-state index in [2.05, 4.69) is 12.1 Å². The lowest BCUT2D eigenvalue weighted by Gasteiger charge is -2.09. The first-order valence-corrected chi connectivity index (χ1v) is 7.52. The first-order chi connectivity index (χ1) is 11.1. The van der Waals surface area contributed by atoms with Gasteiger partial charge in [0.1, 0.15) is 0 Å². The average Bonchev–Trinajstić information content (AvgIpc) is 2.83. The number of benzene rings is 3. The Labute approximate surface area is 132 Å². The molecule has 1 aromatic heterocycles. The first kappa shape index (κ1) is 13.9. The number of hydrogen-bond donors (Lipinski definition) is 0. The summed E-state index contributed by atoms with van der Waals surface area (Å²) in [5.74, 6) is -1.66. The molecule has 114 valence electrons. The molecule has 0 atom stereocenters. The summed E-state index contributed by atoms with van der Waals surface area (Å²) in [6.45, 7) is 4.06. The highest BCUT2D eigenvalue weighted by atomic mass is 19.2. The molecule has 0 saturated carbocycles. The zero-order valence-electron chi connectivity index (χ0n) is 12.9. The third-order valence-electron chi connectivity index (χ3n) is 4.25. The highest BCUT2D eigenvalue weighted by Crippen LogP contribution is 2.34. The van der Waals surface area contributed by atoms with Crippen molar-refractivity contribution in [3.05, 3.63) is 77.4 Å². The Hall–Kier alpha value is -2.68. The van der Waals surface area contributed by atoms with Crippen LogP contribution in [0.15, 0.2) is 54.6 Å². The molecule has 4 rings (SSSR count). The van der Waals surface area contributed by atoms with Gasteiger partial charge in [-0.15, -0.1) is 0 Å². The van der Waals surface area contributed by atoms with Crippen LogP contribution in [0, 0.1) is 25.5 Å². The van der Waals surface area contributed by atoms with Gasteiger partial charge in [0, 0.05) is 10.8 Å². The molecule has 0 unspecified atom stereocenters. The van der Waals surface area contributed by atoms with Gasteiger partial charge in [-0.3, -0.25) is 0 Å². The van der Waals surface area contributed by atoms with Crippen molar-refractivity contribution in [3.8, 4) is 5.69 Å². The SMILES string of the molecule is Cc1ccc2c(c1)c1cc(C)ccc1n2-c1cccc(F)c1F. The zero-order valence-corrected chi connectivity index (χ0v) is 12.9. The largest absolute Gasteiger partial charge is 0.306 e. The molecule has 0 aliphatic carbocycles. The highest BCUT2D eigenvalue weighted by molar-refractivity contribution is 6.09. The molecule has 0 N–H and O–H groups in total. The van der Waals surface area contributed by atoms with Crippen molar-refractivity contribution in [1.29, 1.82) is 0 Å². The second-order valence-corrected chi connectivity index (χ2v) is 5.95. The van der Waals surface area contributed by atoms with Gasteiger partial charge in [0.05, 0.1) is 16.7 Å². The van der Waals surface area contributed by atoms with Gasteiger partial charge in [-0.2, -0.15) is 0 Å². The van der Waals surface area contributed by atoms with Gasteiger partial charge in [0.2, 0.25) is 0 Å². The molecule has 0 aliphatic rings. The van der Waals surface area contributed by atoms with Crippen molar-refractivity contribution >= 4 is 21.8 Å². The van der Waals surface area contributed by atoms with E-state index in [4.69, 9.17) is 0 Å². The molecule has 3 heteroatoms. The van der Waals surface area contributed by atoms with Crippen LogP contribution in [-0.4, -0.2) is 4.57 Å². The summed E-state index contributed by atoms with van der Waals surface area (Å²) in [5.41, 5.74) is 4.26. The second-order valence-electron chi connectivity index (χ2n) is 5.95. The van der Waals surface area contributed by atoms with E-state index in [0.29, 0.717) is 0 Å². The Morgan fingerprint density at radius 3 is 1.87 bits per heavy atom. The Kier molecular flexibility index (Phi) is 2.98. The summed E-state index contributed by atoms with van der Waals surface area (Å²) in [4.78, 5) is 0. The number of nitrogens with zero attached hydrogens (tertiary/aromatic N) is 1. The lowest BCUT2D eigenvalue weighted by atomic mass is 10.1. The van der Waals surface area contributed by atoms with Gasteiger partial charge in [0.25, 0.3) is 0 Å². The predicted octanol–water partition coefficient (Wildman–Crippen LogP) is 5.68. The molecule has 0 aliphatic heterocycles. The lowest BCUT2D eigenvalue weighted by Crippen LogP contribution is -1.99. The van der Waals surface area contributed by atoms with Crippen molar-refractivity contribution in [2.24, 2.45) is 0 Å². The minimum absolute atomic E-state index is 0.234. The molecule has 0 bridgehead atoms. The monoisotopic (exact) mass is 307 g/mol. The summed E-state index contributed by atoms with van der Waals surface area (Å²) in [6, 6.07) is 16.4. The van der Waals surface area contributed by atoms with Crippen molar-refractivity contribution in [2.75, 3.05) is 0 Å². The fourth-order valence-electron chi connectivity index (χ4n) is 3.18. The highest BCUT2D eigenvalue weighted by Gasteiger charge is 2.16. The van der Waals surface area contributed by atoms with Crippen molar-refractivity contribution < 1.29 is 8.78 Å². The zero-order chi connectivity index (χ0) is 16.1. The molecule has 4 aromatic rings. The van der Waals surface area contributed by atoms with Gasteiger partial charge in [-0.05, 0) is 50.2 Å². The van der Waals surface area contributed by atoms with Crippen LogP contribution in [0.2, 0.25) is 0 Å². The lowest BCUT2D eigenvalue weighted by molar-refractivity contribution is 0.505. The Morgan fingerprint density at radius 1 is 0.739 bits per heavy atom.